The van der Waals surface area contributed by atoms with Crippen LogP contribution in [0.3, 0.4) is 0 Å². The van der Waals surface area contributed by atoms with Crippen LogP contribution >= 0.6 is 0 Å². The van der Waals surface area contributed by atoms with Gasteiger partial charge in [0.2, 0.25) is 11.8 Å². The van der Waals surface area contributed by atoms with E-state index in [4.69, 9.17) is 4.74 Å². The van der Waals surface area contributed by atoms with Crippen LogP contribution in [0.1, 0.15) is 47.5 Å². The van der Waals surface area contributed by atoms with Crippen LogP contribution in [-0.4, -0.2) is 59.4 Å². The van der Waals surface area contributed by atoms with E-state index in [9.17, 15) is 19.2 Å². The highest BCUT2D eigenvalue weighted by molar-refractivity contribution is 6.13. The van der Waals surface area contributed by atoms with Crippen molar-refractivity contribution in [2.75, 3.05) is 19.7 Å². The predicted octanol–water partition coefficient (Wildman–Crippen LogP) is 0.518. The van der Waals surface area contributed by atoms with Gasteiger partial charge in [0, 0.05) is 38.6 Å². The molecule has 0 aromatic carbocycles. The number of rotatable bonds is 10. The Labute approximate surface area is 154 Å². The van der Waals surface area contributed by atoms with E-state index in [1.807, 2.05) is 27.7 Å². The SMILES string of the molecule is CC(=O)NC(C)(C)COC(C)(C)CCNC(=O)CCN1C(=O)C=CC1=O. The third-order valence-electron chi connectivity index (χ3n) is 3.85. The summed E-state index contributed by atoms with van der Waals surface area (Å²) in [6.45, 7) is 9.87. The van der Waals surface area contributed by atoms with Crippen molar-refractivity contribution < 1.29 is 23.9 Å². The van der Waals surface area contributed by atoms with Gasteiger partial charge in [0.1, 0.15) is 0 Å². The monoisotopic (exact) mass is 367 g/mol. The van der Waals surface area contributed by atoms with Gasteiger partial charge in [-0.1, -0.05) is 0 Å². The second kappa shape index (κ2) is 8.93. The van der Waals surface area contributed by atoms with Crippen LogP contribution in [0.15, 0.2) is 12.2 Å². The van der Waals surface area contributed by atoms with E-state index in [0.717, 1.165) is 4.90 Å². The number of ether oxygens (including phenoxy) is 1. The molecule has 0 unspecified atom stereocenters. The van der Waals surface area contributed by atoms with Crippen LogP contribution in [-0.2, 0) is 23.9 Å². The van der Waals surface area contributed by atoms with Gasteiger partial charge >= 0.3 is 0 Å². The normalized spacial score (nSPS) is 14.7. The van der Waals surface area contributed by atoms with Crippen molar-refractivity contribution >= 4 is 23.6 Å². The first-order chi connectivity index (χ1) is 11.9. The molecule has 1 rings (SSSR count). The minimum atomic E-state index is -0.478. The first kappa shape index (κ1) is 21.8. The fourth-order valence-electron chi connectivity index (χ4n) is 2.42. The molecule has 4 amide bonds. The molecular formula is C18H29N3O5. The summed E-state index contributed by atoms with van der Waals surface area (Å²) in [4.78, 5) is 46.9. The zero-order valence-electron chi connectivity index (χ0n) is 16.2. The molecule has 0 atom stereocenters. The maximum Gasteiger partial charge on any atom is 0.253 e. The van der Waals surface area contributed by atoms with E-state index >= 15 is 0 Å². The molecule has 0 saturated heterocycles. The molecule has 0 aromatic rings. The number of nitrogens with one attached hydrogen (secondary N) is 2. The lowest BCUT2D eigenvalue weighted by atomic mass is 10.0. The third-order valence-corrected chi connectivity index (χ3v) is 3.85. The number of carbonyl (C=O) groups is 4. The Hall–Kier alpha value is -2.22. The summed E-state index contributed by atoms with van der Waals surface area (Å²) in [6, 6.07) is 0. The topological polar surface area (TPSA) is 105 Å². The number of imide groups is 1. The van der Waals surface area contributed by atoms with Crippen molar-refractivity contribution in [3.63, 3.8) is 0 Å². The minimum Gasteiger partial charge on any atom is -0.373 e. The zero-order valence-corrected chi connectivity index (χ0v) is 16.2. The summed E-state index contributed by atoms with van der Waals surface area (Å²) in [7, 11) is 0. The van der Waals surface area contributed by atoms with Gasteiger partial charge < -0.3 is 15.4 Å². The predicted molar refractivity (Wildman–Crippen MR) is 96.0 cm³/mol. The van der Waals surface area contributed by atoms with E-state index < -0.39 is 11.1 Å². The van der Waals surface area contributed by atoms with Gasteiger partial charge in [0.05, 0.1) is 17.7 Å². The van der Waals surface area contributed by atoms with Gasteiger partial charge in [0.15, 0.2) is 0 Å². The third kappa shape index (κ3) is 7.77. The Kier molecular flexibility index (Phi) is 7.50. The summed E-state index contributed by atoms with van der Waals surface area (Å²) in [5, 5.41) is 5.58. The zero-order chi connectivity index (χ0) is 20.0. The quantitative estimate of drug-likeness (QED) is 0.548. The molecule has 0 spiro atoms. The smallest absolute Gasteiger partial charge is 0.253 e. The lowest BCUT2D eigenvalue weighted by Gasteiger charge is -2.32. The van der Waals surface area contributed by atoms with Crippen molar-refractivity contribution in [1.82, 2.24) is 15.5 Å². The summed E-state index contributed by atoms with van der Waals surface area (Å²) in [6.07, 6.45) is 3.04. The molecule has 0 fully saturated rings. The Balaban J connectivity index is 2.28. The van der Waals surface area contributed by atoms with Gasteiger partial charge in [-0.05, 0) is 34.1 Å². The average Bonchev–Trinajstić information content (AvgIpc) is 2.81. The first-order valence-electron chi connectivity index (χ1n) is 8.65. The molecule has 26 heavy (non-hydrogen) atoms. The van der Waals surface area contributed by atoms with E-state index in [0.29, 0.717) is 19.6 Å². The molecule has 1 heterocycles. The number of carbonyl (C=O) groups excluding carboxylic acids is 4. The second-order valence-corrected chi connectivity index (χ2v) is 7.62. The molecule has 1 aliphatic heterocycles. The highest BCUT2D eigenvalue weighted by atomic mass is 16.5. The molecule has 0 aromatic heterocycles. The van der Waals surface area contributed by atoms with Crippen LogP contribution < -0.4 is 10.6 Å². The maximum absolute atomic E-state index is 11.9. The molecule has 0 saturated carbocycles. The summed E-state index contributed by atoms with van der Waals surface area (Å²) >= 11 is 0. The number of amides is 4. The van der Waals surface area contributed by atoms with Crippen LogP contribution in [0.4, 0.5) is 0 Å². The standard InChI is InChI=1S/C18H29N3O5/c1-13(22)20-17(2,3)12-26-18(4,5)9-10-19-14(23)8-11-21-15(24)6-7-16(21)25/h6-7H,8-12H2,1-5H3,(H,19,23)(H,20,22). The fourth-order valence-corrected chi connectivity index (χ4v) is 2.42. The van der Waals surface area contributed by atoms with Gasteiger partial charge in [0.25, 0.3) is 11.8 Å². The Morgan fingerprint density at radius 3 is 2.23 bits per heavy atom. The lowest BCUT2D eigenvalue weighted by molar-refractivity contribution is -0.137. The molecule has 0 aliphatic carbocycles. The minimum absolute atomic E-state index is 0.0655. The second-order valence-electron chi connectivity index (χ2n) is 7.62. The van der Waals surface area contributed by atoms with Crippen molar-refractivity contribution in [2.45, 2.75) is 58.6 Å². The Bertz CT molecular complexity index is 578. The Morgan fingerprint density at radius 2 is 1.69 bits per heavy atom. The largest absolute Gasteiger partial charge is 0.373 e. The maximum atomic E-state index is 11.9. The molecule has 1 aliphatic rings. The molecule has 146 valence electrons. The van der Waals surface area contributed by atoms with Gasteiger partial charge in [-0.25, -0.2) is 0 Å². The number of hydrogen-bond donors (Lipinski definition) is 2. The van der Waals surface area contributed by atoms with Gasteiger partial charge in [-0.15, -0.1) is 0 Å². The number of nitrogens with zero attached hydrogens (tertiary/aromatic N) is 1. The highest BCUT2D eigenvalue weighted by Gasteiger charge is 2.26. The molecule has 0 radical (unpaired) electrons. The molecular weight excluding hydrogens is 338 g/mol. The molecule has 8 heteroatoms. The summed E-state index contributed by atoms with van der Waals surface area (Å²) < 4.78 is 5.87. The van der Waals surface area contributed by atoms with Crippen LogP contribution in [0.2, 0.25) is 0 Å². The van der Waals surface area contributed by atoms with Crippen molar-refractivity contribution in [1.29, 1.82) is 0 Å². The van der Waals surface area contributed by atoms with Crippen LogP contribution in [0.25, 0.3) is 0 Å². The van der Waals surface area contributed by atoms with Crippen molar-refractivity contribution in [2.24, 2.45) is 0 Å². The van der Waals surface area contributed by atoms with Gasteiger partial charge in [-0.2, -0.15) is 0 Å². The van der Waals surface area contributed by atoms with E-state index in [-0.39, 0.29) is 36.6 Å². The van der Waals surface area contributed by atoms with Gasteiger partial charge in [-0.3, -0.25) is 24.1 Å². The molecule has 8 nitrogen and oxygen atoms in total. The molecule has 0 bridgehead atoms. The van der Waals surface area contributed by atoms with E-state index in [1.165, 1.54) is 19.1 Å². The Morgan fingerprint density at radius 1 is 1.12 bits per heavy atom. The summed E-state index contributed by atoms with van der Waals surface area (Å²) in [5.41, 5.74) is -0.955. The first-order valence-corrected chi connectivity index (χ1v) is 8.65. The highest BCUT2D eigenvalue weighted by Crippen LogP contribution is 2.17. The van der Waals surface area contributed by atoms with E-state index in [2.05, 4.69) is 10.6 Å². The van der Waals surface area contributed by atoms with Crippen LogP contribution in [0, 0.1) is 0 Å². The molecule has 2 N–H and O–H groups in total. The number of hydrogen-bond acceptors (Lipinski definition) is 5. The fraction of sp³-hybridized carbons (Fsp3) is 0.667. The summed E-state index contributed by atoms with van der Waals surface area (Å²) in [5.74, 6) is -1.13. The van der Waals surface area contributed by atoms with Crippen molar-refractivity contribution in [3.05, 3.63) is 12.2 Å². The average molecular weight is 367 g/mol. The van der Waals surface area contributed by atoms with Crippen molar-refractivity contribution in [3.8, 4) is 0 Å². The van der Waals surface area contributed by atoms with E-state index in [1.54, 1.807) is 0 Å². The van der Waals surface area contributed by atoms with Crippen LogP contribution in [0.5, 0.6) is 0 Å². The lowest BCUT2D eigenvalue weighted by Crippen LogP contribution is -2.48.